The second-order valence-electron chi connectivity index (χ2n) is 5.01. The van der Waals surface area contributed by atoms with Crippen LogP contribution in [0.25, 0.3) is 0 Å². The molecule has 1 aromatic rings. The molecule has 0 spiro atoms. The number of amides is 3. The molecule has 1 fully saturated rings. The van der Waals surface area contributed by atoms with Gasteiger partial charge in [0.15, 0.2) is 0 Å². The Morgan fingerprint density at radius 3 is 3.00 bits per heavy atom. The van der Waals surface area contributed by atoms with Crippen molar-refractivity contribution in [2.75, 3.05) is 25.1 Å². The van der Waals surface area contributed by atoms with Gasteiger partial charge in [-0.2, -0.15) is 0 Å². The molecule has 0 saturated carbocycles. The van der Waals surface area contributed by atoms with Crippen molar-refractivity contribution in [3.63, 3.8) is 0 Å². The zero-order valence-corrected chi connectivity index (χ0v) is 12.4. The average molecular weight is 291 g/mol. The lowest BCUT2D eigenvalue weighted by Gasteiger charge is -2.18. The lowest BCUT2D eigenvalue weighted by Crippen LogP contribution is -2.43. The quantitative estimate of drug-likeness (QED) is 0.864. The summed E-state index contributed by atoms with van der Waals surface area (Å²) in [6.07, 6.45) is 1.20. The third-order valence-corrected chi connectivity index (χ3v) is 3.36. The fourth-order valence-electron chi connectivity index (χ4n) is 2.31. The summed E-state index contributed by atoms with van der Waals surface area (Å²) in [6, 6.07) is 6.97. The Labute approximate surface area is 124 Å². The number of methoxy groups -OCH3 is 1. The second-order valence-corrected chi connectivity index (χ2v) is 5.01. The lowest BCUT2D eigenvalue weighted by atomic mass is 10.2. The normalized spacial score (nSPS) is 17.7. The monoisotopic (exact) mass is 291 g/mol. The van der Waals surface area contributed by atoms with Crippen molar-refractivity contribution >= 4 is 17.6 Å². The van der Waals surface area contributed by atoms with Gasteiger partial charge >= 0.3 is 6.03 Å². The van der Waals surface area contributed by atoms with Gasteiger partial charge in [0.1, 0.15) is 5.75 Å². The molecule has 1 saturated heterocycles. The van der Waals surface area contributed by atoms with Gasteiger partial charge in [-0.3, -0.25) is 4.79 Å². The fraction of sp³-hybridized carbons (Fsp3) is 0.467. The van der Waals surface area contributed by atoms with Gasteiger partial charge in [-0.1, -0.05) is 13.0 Å². The van der Waals surface area contributed by atoms with Crippen LogP contribution in [0, 0.1) is 0 Å². The van der Waals surface area contributed by atoms with Crippen LogP contribution < -0.4 is 20.3 Å². The highest BCUT2D eigenvalue weighted by atomic mass is 16.5. The number of hydrogen-bond acceptors (Lipinski definition) is 3. The molecule has 21 heavy (non-hydrogen) atoms. The van der Waals surface area contributed by atoms with E-state index in [1.54, 1.807) is 12.0 Å². The van der Waals surface area contributed by atoms with Gasteiger partial charge < -0.3 is 20.3 Å². The smallest absolute Gasteiger partial charge is 0.315 e. The van der Waals surface area contributed by atoms with E-state index in [4.69, 9.17) is 4.74 Å². The Morgan fingerprint density at radius 1 is 1.48 bits per heavy atom. The first-order valence-corrected chi connectivity index (χ1v) is 7.12. The van der Waals surface area contributed by atoms with Gasteiger partial charge in [0, 0.05) is 31.3 Å². The Hall–Kier alpha value is -2.24. The van der Waals surface area contributed by atoms with Crippen molar-refractivity contribution in [1.29, 1.82) is 0 Å². The molecule has 1 heterocycles. The molecule has 1 aliphatic heterocycles. The van der Waals surface area contributed by atoms with E-state index >= 15 is 0 Å². The minimum absolute atomic E-state index is 0.00374. The van der Waals surface area contributed by atoms with Crippen LogP contribution in [-0.4, -0.2) is 38.2 Å². The largest absolute Gasteiger partial charge is 0.497 e. The highest BCUT2D eigenvalue weighted by Gasteiger charge is 2.31. The summed E-state index contributed by atoms with van der Waals surface area (Å²) in [7, 11) is 1.59. The minimum Gasteiger partial charge on any atom is -0.497 e. The van der Waals surface area contributed by atoms with Crippen molar-refractivity contribution in [2.24, 2.45) is 0 Å². The van der Waals surface area contributed by atoms with Crippen LogP contribution in [0.2, 0.25) is 0 Å². The molecule has 0 aliphatic carbocycles. The molecule has 0 bridgehead atoms. The van der Waals surface area contributed by atoms with E-state index in [0.29, 0.717) is 25.3 Å². The minimum atomic E-state index is -0.220. The van der Waals surface area contributed by atoms with E-state index in [0.717, 1.165) is 12.1 Å². The van der Waals surface area contributed by atoms with E-state index < -0.39 is 0 Å². The van der Waals surface area contributed by atoms with E-state index in [1.165, 1.54) is 0 Å². The molecule has 1 aromatic carbocycles. The van der Waals surface area contributed by atoms with Crippen LogP contribution in [0.1, 0.15) is 19.8 Å². The lowest BCUT2D eigenvalue weighted by molar-refractivity contribution is -0.117. The van der Waals surface area contributed by atoms with Crippen molar-refractivity contribution in [3.8, 4) is 5.75 Å². The summed E-state index contributed by atoms with van der Waals surface area (Å²) in [5.41, 5.74) is 0.789. The summed E-state index contributed by atoms with van der Waals surface area (Å²) in [5.74, 6) is 0.710. The fourth-order valence-corrected chi connectivity index (χ4v) is 2.31. The summed E-state index contributed by atoms with van der Waals surface area (Å²) in [4.78, 5) is 25.4. The number of rotatable bonds is 5. The first-order chi connectivity index (χ1) is 10.1. The standard InChI is InChI=1S/C15H21N3O3/c1-3-7-16-15(20)17-11-8-14(19)18(10-11)12-5-4-6-13(9-12)21-2/h4-6,9,11H,3,7-8,10H2,1-2H3,(H2,16,17,20). The van der Waals surface area contributed by atoms with Crippen molar-refractivity contribution in [2.45, 2.75) is 25.8 Å². The maximum Gasteiger partial charge on any atom is 0.315 e. The molecule has 114 valence electrons. The topological polar surface area (TPSA) is 70.7 Å². The molecule has 3 amide bonds. The average Bonchev–Trinajstić information content (AvgIpc) is 2.85. The molecule has 2 N–H and O–H groups in total. The Morgan fingerprint density at radius 2 is 2.29 bits per heavy atom. The molecule has 1 atom stereocenters. The Bertz CT molecular complexity index is 519. The summed E-state index contributed by atoms with van der Waals surface area (Å²) >= 11 is 0. The summed E-state index contributed by atoms with van der Waals surface area (Å²) in [5, 5.41) is 5.58. The number of anilines is 1. The number of nitrogens with one attached hydrogen (secondary N) is 2. The van der Waals surface area contributed by atoms with Crippen LogP contribution in [0.4, 0.5) is 10.5 Å². The molecule has 6 heteroatoms. The number of nitrogens with zero attached hydrogens (tertiary/aromatic N) is 1. The highest BCUT2D eigenvalue weighted by Crippen LogP contribution is 2.25. The third kappa shape index (κ3) is 3.87. The molecule has 0 aromatic heterocycles. The maximum absolute atomic E-state index is 12.1. The van der Waals surface area contributed by atoms with Gasteiger partial charge in [0.25, 0.3) is 0 Å². The van der Waals surface area contributed by atoms with Crippen molar-refractivity contribution in [1.82, 2.24) is 10.6 Å². The second kappa shape index (κ2) is 6.97. The van der Waals surface area contributed by atoms with Crippen LogP contribution in [0.5, 0.6) is 5.75 Å². The Kier molecular flexibility index (Phi) is 5.03. The van der Waals surface area contributed by atoms with Gasteiger partial charge in [0.05, 0.1) is 13.2 Å². The maximum atomic E-state index is 12.1. The first-order valence-electron chi connectivity index (χ1n) is 7.12. The van der Waals surface area contributed by atoms with E-state index in [-0.39, 0.29) is 18.0 Å². The van der Waals surface area contributed by atoms with E-state index in [1.807, 2.05) is 31.2 Å². The Balaban J connectivity index is 1.97. The number of benzene rings is 1. The zero-order chi connectivity index (χ0) is 15.2. The number of urea groups is 1. The molecule has 1 unspecified atom stereocenters. The zero-order valence-electron chi connectivity index (χ0n) is 12.4. The van der Waals surface area contributed by atoms with Crippen LogP contribution in [0.15, 0.2) is 24.3 Å². The number of carbonyl (C=O) groups excluding carboxylic acids is 2. The van der Waals surface area contributed by atoms with Gasteiger partial charge in [-0.05, 0) is 18.6 Å². The number of carbonyl (C=O) groups is 2. The van der Waals surface area contributed by atoms with E-state index in [2.05, 4.69) is 10.6 Å². The van der Waals surface area contributed by atoms with Gasteiger partial charge in [-0.25, -0.2) is 4.79 Å². The van der Waals surface area contributed by atoms with E-state index in [9.17, 15) is 9.59 Å². The predicted octanol–water partition coefficient (Wildman–Crippen LogP) is 1.51. The predicted molar refractivity (Wildman–Crippen MR) is 80.6 cm³/mol. The van der Waals surface area contributed by atoms with Crippen LogP contribution >= 0.6 is 0 Å². The molecule has 6 nitrogen and oxygen atoms in total. The van der Waals surface area contributed by atoms with Crippen molar-refractivity contribution in [3.05, 3.63) is 24.3 Å². The SMILES string of the molecule is CCCNC(=O)NC1CC(=O)N(c2cccc(OC)c2)C1. The highest BCUT2D eigenvalue weighted by molar-refractivity contribution is 5.97. The molecule has 1 aliphatic rings. The number of ether oxygens (including phenoxy) is 1. The number of hydrogen-bond donors (Lipinski definition) is 2. The molecule has 2 rings (SSSR count). The first kappa shape index (κ1) is 15.2. The van der Waals surface area contributed by atoms with Gasteiger partial charge in [0.2, 0.25) is 5.91 Å². The summed E-state index contributed by atoms with van der Waals surface area (Å²) < 4.78 is 5.17. The molecular formula is C15H21N3O3. The molecule has 0 radical (unpaired) electrons. The van der Waals surface area contributed by atoms with Crippen LogP contribution in [0.3, 0.4) is 0 Å². The third-order valence-electron chi connectivity index (χ3n) is 3.36. The van der Waals surface area contributed by atoms with Gasteiger partial charge in [-0.15, -0.1) is 0 Å². The molecular weight excluding hydrogens is 270 g/mol. The van der Waals surface area contributed by atoms with Crippen molar-refractivity contribution < 1.29 is 14.3 Å². The van der Waals surface area contributed by atoms with Crippen LogP contribution in [-0.2, 0) is 4.79 Å². The summed E-state index contributed by atoms with van der Waals surface area (Å²) in [6.45, 7) is 3.10.